The van der Waals surface area contributed by atoms with Crippen LogP contribution >= 0.6 is 0 Å². The smallest absolute Gasteiger partial charge is 0.156 e. The van der Waals surface area contributed by atoms with Gasteiger partial charge in [-0.3, -0.25) is 0 Å². The summed E-state index contributed by atoms with van der Waals surface area (Å²) in [5.74, 6) is 0.784. The number of ether oxygens (including phenoxy) is 1. The first-order valence-corrected chi connectivity index (χ1v) is 5.78. The summed E-state index contributed by atoms with van der Waals surface area (Å²) in [5, 5.41) is 0. The molecule has 0 aliphatic heterocycles. The van der Waals surface area contributed by atoms with E-state index < -0.39 is 0 Å². The molecule has 1 heterocycles. The zero-order chi connectivity index (χ0) is 10.9. The molecule has 1 aromatic rings. The summed E-state index contributed by atoms with van der Waals surface area (Å²) >= 11 is 0. The Hall–Kier alpha value is -1.12. The molecule has 0 radical (unpaired) electrons. The van der Waals surface area contributed by atoms with E-state index in [1.165, 1.54) is 19.2 Å². The van der Waals surface area contributed by atoms with Crippen molar-refractivity contribution in [2.75, 3.05) is 0 Å². The number of nitrogens with zero attached hydrogens (tertiary/aromatic N) is 2. The minimum atomic E-state index is 0.320. The van der Waals surface area contributed by atoms with Gasteiger partial charge in [-0.25, -0.2) is 9.97 Å². The molecule has 0 fully saturated rings. The van der Waals surface area contributed by atoms with Crippen molar-refractivity contribution in [3.05, 3.63) is 18.7 Å². The lowest BCUT2D eigenvalue weighted by molar-refractivity contribution is 0.175. The van der Waals surface area contributed by atoms with Gasteiger partial charge in [0.15, 0.2) is 5.75 Å². The van der Waals surface area contributed by atoms with Crippen molar-refractivity contribution in [3.63, 3.8) is 0 Å². The summed E-state index contributed by atoms with van der Waals surface area (Å²) < 4.78 is 5.83. The Kier molecular flexibility index (Phi) is 5.74. The molecule has 84 valence electrons. The first kappa shape index (κ1) is 12.0. The first-order valence-electron chi connectivity index (χ1n) is 5.78. The fourth-order valence-electron chi connectivity index (χ4n) is 1.55. The SMILES string of the molecule is CCCCC(CCC)Oc1cncnc1. The Labute approximate surface area is 91.9 Å². The van der Waals surface area contributed by atoms with Gasteiger partial charge in [0.25, 0.3) is 0 Å². The molecule has 0 aromatic carbocycles. The lowest BCUT2D eigenvalue weighted by Crippen LogP contribution is -2.16. The standard InChI is InChI=1S/C12H20N2O/c1-3-5-7-11(6-4-2)15-12-8-13-10-14-9-12/h8-11H,3-7H2,1-2H3. The third kappa shape index (κ3) is 4.77. The van der Waals surface area contributed by atoms with Crippen LogP contribution in [0.2, 0.25) is 0 Å². The highest BCUT2D eigenvalue weighted by Crippen LogP contribution is 2.15. The molecule has 1 rings (SSSR count). The van der Waals surface area contributed by atoms with Crippen LogP contribution in [0.15, 0.2) is 18.7 Å². The number of hydrogen-bond acceptors (Lipinski definition) is 3. The van der Waals surface area contributed by atoms with Crippen LogP contribution in [0.3, 0.4) is 0 Å². The third-order valence-electron chi connectivity index (χ3n) is 2.33. The second kappa shape index (κ2) is 7.21. The maximum atomic E-state index is 5.83. The molecule has 1 aromatic heterocycles. The van der Waals surface area contributed by atoms with Crippen molar-refractivity contribution < 1.29 is 4.74 Å². The maximum absolute atomic E-state index is 5.83. The van der Waals surface area contributed by atoms with Gasteiger partial charge in [0.2, 0.25) is 0 Å². The Bertz CT molecular complexity index is 251. The predicted molar refractivity (Wildman–Crippen MR) is 60.9 cm³/mol. The Morgan fingerprint density at radius 1 is 1.13 bits per heavy atom. The highest BCUT2D eigenvalue weighted by Gasteiger charge is 2.08. The molecule has 0 amide bonds. The second-order valence-corrected chi connectivity index (χ2v) is 3.74. The first-order chi connectivity index (χ1) is 7.36. The molecule has 1 atom stereocenters. The fourth-order valence-corrected chi connectivity index (χ4v) is 1.55. The van der Waals surface area contributed by atoms with E-state index in [4.69, 9.17) is 4.74 Å². The van der Waals surface area contributed by atoms with Crippen LogP contribution in [0.5, 0.6) is 5.75 Å². The summed E-state index contributed by atoms with van der Waals surface area (Å²) in [4.78, 5) is 7.88. The monoisotopic (exact) mass is 208 g/mol. The van der Waals surface area contributed by atoms with Gasteiger partial charge in [0.1, 0.15) is 6.33 Å². The van der Waals surface area contributed by atoms with Gasteiger partial charge >= 0.3 is 0 Å². The molecule has 1 unspecified atom stereocenters. The number of unbranched alkanes of at least 4 members (excludes halogenated alkanes) is 1. The molecule has 0 aliphatic carbocycles. The predicted octanol–water partition coefficient (Wildman–Crippen LogP) is 3.21. The van der Waals surface area contributed by atoms with Crippen LogP contribution in [0.4, 0.5) is 0 Å². The highest BCUT2D eigenvalue weighted by atomic mass is 16.5. The van der Waals surface area contributed by atoms with E-state index in [9.17, 15) is 0 Å². The third-order valence-corrected chi connectivity index (χ3v) is 2.33. The molecular formula is C12H20N2O. The van der Waals surface area contributed by atoms with Crippen LogP contribution in [-0.2, 0) is 0 Å². The zero-order valence-corrected chi connectivity index (χ0v) is 9.65. The summed E-state index contributed by atoms with van der Waals surface area (Å²) in [6.45, 7) is 4.39. The minimum absolute atomic E-state index is 0.320. The molecule has 3 nitrogen and oxygen atoms in total. The average Bonchev–Trinajstić information content (AvgIpc) is 2.28. The number of rotatable bonds is 7. The molecule has 0 aliphatic rings. The van der Waals surface area contributed by atoms with Crippen LogP contribution in [0, 0.1) is 0 Å². The van der Waals surface area contributed by atoms with Crippen LogP contribution < -0.4 is 4.74 Å². The van der Waals surface area contributed by atoms with Gasteiger partial charge < -0.3 is 4.74 Å². The normalized spacial score (nSPS) is 12.4. The second-order valence-electron chi connectivity index (χ2n) is 3.74. The lowest BCUT2D eigenvalue weighted by atomic mass is 10.1. The van der Waals surface area contributed by atoms with E-state index in [-0.39, 0.29) is 0 Å². The summed E-state index contributed by atoms with van der Waals surface area (Å²) in [7, 11) is 0. The van der Waals surface area contributed by atoms with Gasteiger partial charge in [-0.1, -0.05) is 33.1 Å². The number of hydrogen-bond donors (Lipinski definition) is 0. The zero-order valence-electron chi connectivity index (χ0n) is 9.65. The van der Waals surface area contributed by atoms with Gasteiger partial charge in [-0.15, -0.1) is 0 Å². The van der Waals surface area contributed by atoms with Crippen LogP contribution in [0.1, 0.15) is 46.0 Å². The Balaban J connectivity index is 2.43. The van der Waals surface area contributed by atoms with Gasteiger partial charge in [-0.2, -0.15) is 0 Å². The van der Waals surface area contributed by atoms with Crippen molar-refractivity contribution in [1.82, 2.24) is 9.97 Å². The molecular weight excluding hydrogens is 188 g/mol. The highest BCUT2D eigenvalue weighted by molar-refractivity contribution is 5.10. The molecule has 15 heavy (non-hydrogen) atoms. The van der Waals surface area contributed by atoms with Crippen LogP contribution in [0.25, 0.3) is 0 Å². The van der Waals surface area contributed by atoms with Crippen molar-refractivity contribution in [2.24, 2.45) is 0 Å². The molecule has 0 saturated carbocycles. The van der Waals surface area contributed by atoms with E-state index in [1.807, 2.05) is 0 Å². The van der Waals surface area contributed by atoms with E-state index >= 15 is 0 Å². The molecule has 3 heteroatoms. The van der Waals surface area contributed by atoms with E-state index in [0.29, 0.717) is 6.10 Å². The largest absolute Gasteiger partial charge is 0.487 e. The van der Waals surface area contributed by atoms with Crippen molar-refractivity contribution >= 4 is 0 Å². The number of aromatic nitrogens is 2. The Morgan fingerprint density at radius 3 is 2.47 bits per heavy atom. The fraction of sp³-hybridized carbons (Fsp3) is 0.667. The van der Waals surface area contributed by atoms with Gasteiger partial charge in [-0.05, 0) is 12.8 Å². The van der Waals surface area contributed by atoms with Crippen LogP contribution in [-0.4, -0.2) is 16.1 Å². The van der Waals surface area contributed by atoms with Gasteiger partial charge in [0.05, 0.1) is 18.5 Å². The lowest BCUT2D eigenvalue weighted by Gasteiger charge is -2.17. The summed E-state index contributed by atoms with van der Waals surface area (Å²) in [5.41, 5.74) is 0. The molecule has 0 N–H and O–H groups in total. The van der Waals surface area contributed by atoms with Crippen molar-refractivity contribution in [2.45, 2.75) is 52.1 Å². The maximum Gasteiger partial charge on any atom is 0.156 e. The average molecular weight is 208 g/mol. The summed E-state index contributed by atoms with van der Waals surface area (Å²) in [6, 6.07) is 0. The van der Waals surface area contributed by atoms with Crippen molar-refractivity contribution in [1.29, 1.82) is 0 Å². The minimum Gasteiger partial charge on any atom is -0.487 e. The molecule has 0 spiro atoms. The van der Waals surface area contributed by atoms with E-state index in [1.54, 1.807) is 12.4 Å². The summed E-state index contributed by atoms with van der Waals surface area (Å²) in [6.07, 6.45) is 11.1. The van der Waals surface area contributed by atoms with Gasteiger partial charge in [0, 0.05) is 0 Å². The quantitative estimate of drug-likeness (QED) is 0.690. The molecule has 0 saturated heterocycles. The van der Waals surface area contributed by atoms with E-state index in [2.05, 4.69) is 23.8 Å². The Morgan fingerprint density at radius 2 is 1.87 bits per heavy atom. The van der Waals surface area contributed by atoms with Crippen molar-refractivity contribution in [3.8, 4) is 5.75 Å². The topological polar surface area (TPSA) is 35.0 Å². The van der Waals surface area contributed by atoms with E-state index in [0.717, 1.165) is 25.0 Å². The molecule has 0 bridgehead atoms.